The number of fused-ring (bicyclic) bond motifs is 1. The van der Waals surface area contributed by atoms with E-state index < -0.39 is 0 Å². The summed E-state index contributed by atoms with van der Waals surface area (Å²) in [6, 6.07) is 12.7. The lowest BCUT2D eigenvalue weighted by Gasteiger charge is -2.25. The topological polar surface area (TPSA) is 35.2 Å². The second-order valence-electron chi connectivity index (χ2n) is 5.68. The van der Waals surface area contributed by atoms with E-state index in [1.807, 2.05) is 19.1 Å². The second kappa shape index (κ2) is 5.86. The average Bonchev–Trinajstić information content (AvgIpc) is 2.64. The number of benzene rings is 2. The molecular weight excluding hydrogens is 265 g/mol. The van der Waals surface area contributed by atoms with Crippen LogP contribution in [0.2, 0.25) is 0 Å². The van der Waals surface area contributed by atoms with Gasteiger partial charge in [0.15, 0.2) is 0 Å². The Morgan fingerprint density at radius 2 is 2.00 bits per heavy atom. The number of aryl methyl sites for hydroxylation is 2. The van der Waals surface area contributed by atoms with Crippen LogP contribution < -0.4 is 10.5 Å². The van der Waals surface area contributed by atoms with Gasteiger partial charge in [-0.3, -0.25) is 0 Å². The average molecular weight is 285 g/mol. The summed E-state index contributed by atoms with van der Waals surface area (Å²) in [4.78, 5) is 0. The minimum Gasteiger partial charge on any atom is -0.488 e. The quantitative estimate of drug-likeness (QED) is 0.849. The summed E-state index contributed by atoms with van der Waals surface area (Å²) >= 11 is 0. The fourth-order valence-electron chi connectivity index (χ4n) is 2.96. The fourth-order valence-corrected chi connectivity index (χ4v) is 2.96. The van der Waals surface area contributed by atoms with E-state index in [-0.39, 0.29) is 18.0 Å². The monoisotopic (exact) mass is 285 g/mol. The van der Waals surface area contributed by atoms with Crippen LogP contribution in [-0.2, 0) is 6.42 Å². The molecule has 0 bridgehead atoms. The zero-order valence-corrected chi connectivity index (χ0v) is 12.2. The highest BCUT2D eigenvalue weighted by Gasteiger charge is 2.26. The Bertz CT molecular complexity index is 641. The first-order chi connectivity index (χ1) is 10.1. The summed E-state index contributed by atoms with van der Waals surface area (Å²) in [5.41, 5.74) is 9.78. The number of hydrogen-bond donors (Lipinski definition) is 1. The Kier molecular flexibility index (Phi) is 3.93. The summed E-state index contributed by atoms with van der Waals surface area (Å²) in [5.74, 6) is 0.313. The SMILES string of the molecule is Cc1ccc(F)cc1OC1CCCc2ccccc2C1N. The molecule has 0 fully saturated rings. The van der Waals surface area contributed by atoms with Crippen LogP contribution in [0.4, 0.5) is 4.39 Å². The minimum absolute atomic E-state index is 0.117. The molecule has 0 spiro atoms. The number of ether oxygens (including phenoxy) is 1. The molecule has 1 aliphatic rings. The van der Waals surface area contributed by atoms with Crippen molar-refractivity contribution < 1.29 is 9.13 Å². The Morgan fingerprint density at radius 3 is 2.86 bits per heavy atom. The van der Waals surface area contributed by atoms with Crippen LogP contribution in [-0.4, -0.2) is 6.10 Å². The first kappa shape index (κ1) is 14.1. The van der Waals surface area contributed by atoms with E-state index in [1.54, 1.807) is 6.07 Å². The van der Waals surface area contributed by atoms with Crippen molar-refractivity contribution >= 4 is 0 Å². The van der Waals surface area contributed by atoms with Crippen LogP contribution in [0.1, 0.15) is 35.6 Å². The number of nitrogens with two attached hydrogens (primary N) is 1. The molecule has 3 rings (SSSR count). The van der Waals surface area contributed by atoms with Gasteiger partial charge in [-0.1, -0.05) is 30.3 Å². The van der Waals surface area contributed by atoms with Crippen molar-refractivity contribution in [3.63, 3.8) is 0 Å². The molecule has 0 amide bonds. The van der Waals surface area contributed by atoms with Crippen LogP contribution in [0.15, 0.2) is 42.5 Å². The highest BCUT2D eigenvalue weighted by Crippen LogP contribution is 2.31. The molecule has 0 heterocycles. The molecule has 0 aromatic heterocycles. The first-order valence-corrected chi connectivity index (χ1v) is 7.41. The lowest BCUT2D eigenvalue weighted by Crippen LogP contribution is -2.31. The number of hydrogen-bond acceptors (Lipinski definition) is 2. The van der Waals surface area contributed by atoms with Crippen molar-refractivity contribution in [3.8, 4) is 5.75 Å². The van der Waals surface area contributed by atoms with Crippen molar-refractivity contribution in [1.82, 2.24) is 0 Å². The van der Waals surface area contributed by atoms with Gasteiger partial charge in [0.25, 0.3) is 0 Å². The Morgan fingerprint density at radius 1 is 1.19 bits per heavy atom. The van der Waals surface area contributed by atoms with E-state index in [2.05, 4.69) is 12.1 Å². The van der Waals surface area contributed by atoms with E-state index in [9.17, 15) is 4.39 Å². The van der Waals surface area contributed by atoms with Crippen LogP contribution in [0.5, 0.6) is 5.75 Å². The van der Waals surface area contributed by atoms with E-state index >= 15 is 0 Å². The highest BCUT2D eigenvalue weighted by molar-refractivity contribution is 5.35. The van der Waals surface area contributed by atoms with Gasteiger partial charge in [0.1, 0.15) is 17.7 Å². The lowest BCUT2D eigenvalue weighted by molar-refractivity contribution is 0.160. The number of halogens is 1. The summed E-state index contributed by atoms with van der Waals surface area (Å²) < 4.78 is 19.5. The normalized spacial score (nSPS) is 21.5. The number of rotatable bonds is 2. The predicted octanol–water partition coefficient (Wildman–Crippen LogP) is 3.92. The van der Waals surface area contributed by atoms with Crippen LogP contribution >= 0.6 is 0 Å². The Labute approximate surface area is 124 Å². The molecule has 2 N–H and O–H groups in total. The van der Waals surface area contributed by atoms with Crippen molar-refractivity contribution in [1.29, 1.82) is 0 Å². The van der Waals surface area contributed by atoms with Crippen molar-refractivity contribution in [2.45, 2.75) is 38.3 Å². The molecule has 2 atom stereocenters. The van der Waals surface area contributed by atoms with E-state index in [0.717, 1.165) is 30.4 Å². The van der Waals surface area contributed by atoms with Gasteiger partial charge in [-0.2, -0.15) is 0 Å². The smallest absolute Gasteiger partial charge is 0.126 e. The van der Waals surface area contributed by atoms with Gasteiger partial charge >= 0.3 is 0 Å². The fraction of sp³-hybridized carbons (Fsp3) is 0.333. The molecule has 2 unspecified atom stereocenters. The highest BCUT2D eigenvalue weighted by atomic mass is 19.1. The van der Waals surface area contributed by atoms with Crippen LogP contribution in [0, 0.1) is 12.7 Å². The summed E-state index contributed by atoms with van der Waals surface area (Å²) in [6.45, 7) is 1.92. The molecule has 0 saturated carbocycles. The maximum Gasteiger partial charge on any atom is 0.126 e. The van der Waals surface area contributed by atoms with Gasteiger partial charge in [-0.05, 0) is 48.9 Å². The molecule has 0 saturated heterocycles. The summed E-state index contributed by atoms with van der Waals surface area (Å²) in [6.07, 6.45) is 2.82. The molecule has 2 aromatic carbocycles. The third-order valence-electron chi connectivity index (χ3n) is 4.18. The largest absolute Gasteiger partial charge is 0.488 e. The first-order valence-electron chi connectivity index (χ1n) is 7.41. The van der Waals surface area contributed by atoms with E-state index in [1.165, 1.54) is 17.7 Å². The third-order valence-corrected chi connectivity index (χ3v) is 4.18. The minimum atomic E-state index is -0.279. The van der Waals surface area contributed by atoms with Crippen molar-refractivity contribution in [2.24, 2.45) is 5.73 Å². The van der Waals surface area contributed by atoms with Crippen LogP contribution in [0.3, 0.4) is 0 Å². The summed E-state index contributed by atoms with van der Waals surface area (Å²) in [7, 11) is 0. The molecule has 3 heteroatoms. The molecule has 0 radical (unpaired) electrons. The molecule has 0 aliphatic heterocycles. The van der Waals surface area contributed by atoms with Gasteiger partial charge in [-0.15, -0.1) is 0 Å². The zero-order valence-electron chi connectivity index (χ0n) is 12.2. The molecule has 2 nitrogen and oxygen atoms in total. The maximum absolute atomic E-state index is 13.4. The van der Waals surface area contributed by atoms with Crippen LogP contribution in [0.25, 0.3) is 0 Å². The Balaban J connectivity index is 1.87. The van der Waals surface area contributed by atoms with Crippen molar-refractivity contribution in [2.75, 3.05) is 0 Å². The van der Waals surface area contributed by atoms with E-state index in [4.69, 9.17) is 10.5 Å². The van der Waals surface area contributed by atoms with Crippen molar-refractivity contribution in [3.05, 3.63) is 65.0 Å². The van der Waals surface area contributed by atoms with Gasteiger partial charge in [0.2, 0.25) is 0 Å². The van der Waals surface area contributed by atoms with E-state index in [0.29, 0.717) is 5.75 Å². The molecule has 21 heavy (non-hydrogen) atoms. The molecule has 110 valence electrons. The zero-order chi connectivity index (χ0) is 14.8. The maximum atomic E-state index is 13.4. The molecule has 1 aliphatic carbocycles. The van der Waals surface area contributed by atoms with Gasteiger partial charge in [0, 0.05) is 6.07 Å². The summed E-state index contributed by atoms with van der Waals surface area (Å²) in [5, 5.41) is 0. The Hall–Kier alpha value is -1.87. The third kappa shape index (κ3) is 2.93. The lowest BCUT2D eigenvalue weighted by atomic mass is 9.98. The second-order valence-corrected chi connectivity index (χ2v) is 5.68. The van der Waals surface area contributed by atoms with Gasteiger partial charge in [-0.25, -0.2) is 4.39 Å². The standard InChI is InChI=1S/C18H20FNO/c1-12-9-10-14(19)11-17(12)21-16-8-4-6-13-5-2-3-7-15(13)18(16)20/h2-3,5,7,9-11,16,18H,4,6,8,20H2,1H3. The van der Waals surface area contributed by atoms with Gasteiger partial charge < -0.3 is 10.5 Å². The van der Waals surface area contributed by atoms with Gasteiger partial charge in [0.05, 0.1) is 6.04 Å². The predicted molar refractivity (Wildman–Crippen MR) is 81.9 cm³/mol. The molecule has 2 aromatic rings. The molecular formula is C18H20FNO.